The summed E-state index contributed by atoms with van der Waals surface area (Å²) in [5.41, 5.74) is 8.48. The molecule has 3 heterocycles. The predicted octanol–water partition coefficient (Wildman–Crippen LogP) is 10.6. The number of thiophene rings is 1. The summed E-state index contributed by atoms with van der Waals surface area (Å²) in [6.07, 6.45) is 4.51. The highest BCUT2D eigenvalue weighted by atomic mass is 32.1. The van der Waals surface area contributed by atoms with E-state index in [1.807, 2.05) is 11.3 Å². The van der Waals surface area contributed by atoms with E-state index in [1.165, 1.54) is 59.6 Å². The zero-order valence-corrected chi connectivity index (χ0v) is 24.7. The molecule has 8 rings (SSSR count). The van der Waals surface area contributed by atoms with Gasteiger partial charge < -0.3 is 0 Å². The molecule has 3 nitrogen and oxygen atoms in total. The van der Waals surface area contributed by atoms with Gasteiger partial charge >= 0.3 is 0 Å². The van der Waals surface area contributed by atoms with E-state index in [0.29, 0.717) is 0 Å². The molecule has 0 unspecified atom stereocenters. The number of benzene rings is 5. The van der Waals surface area contributed by atoms with E-state index in [4.69, 9.17) is 5.10 Å². The van der Waals surface area contributed by atoms with E-state index in [1.54, 1.807) is 0 Å². The van der Waals surface area contributed by atoms with Gasteiger partial charge in [0.2, 0.25) is 0 Å². The van der Waals surface area contributed by atoms with E-state index in [0.717, 1.165) is 47.2 Å². The van der Waals surface area contributed by atoms with Crippen molar-refractivity contribution in [2.45, 2.75) is 39.5 Å². The van der Waals surface area contributed by atoms with Crippen LogP contribution in [0, 0.1) is 0 Å². The molecule has 0 aliphatic carbocycles. The van der Waals surface area contributed by atoms with E-state index in [2.05, 4.69) is 126 Å². The highest BCUT2D eigenvalue weighted by Gasteiger charge is 2.17. The minimum atomic E-state index is 0.869. The first-order valence-corrected chi connectivity index (χ1v) is 15.8. The average molecular weight is 562 g/mol. The van der Waals surface area contributed by atoms with E-state index in [9.17, 15) is 0 Å². The summed E-state index contributed by atoms with van der Waals surface area (Å²) in [5, 5.41) is 15.7. The Balaban J connectivity index is 1.29. The zero-order chi connectivity index (χ0) is 28.2. The van der Waals surface area contributed by atoms with Gasteiger partial charge in [0.15, 0.2) is 11.5 Å². The smallest absolute Gasteiger partial charge is 0.169 e. The third-order valence-corrected chi connectivity index (χ3v) is 9.71. The molecule has 3 aromatic heterocycles. The number of pyridine rings is 1. The molecular weight excluding hydrogens is 531 g/mol. The van der Waals surface area contributed by atoms with E-state index >= 15 is 0 Å². The Morgan fingerprint density at radius 1 is 0.595 bits per heavy atom. The summed E-state index contributed by atoms with van der Waals surface area (Å²) in [7, 11) is 0. The first-order chi connectivity index (χ1) is 20.7. The Morgan fingerprint density at radius 3 is 2.10 bits per heavy atom. The summed E-state index contributed by atoms with van der Waals surface area (Å²) >= 11 is 1.92. The second kappa shape index (κ2) is 10.1. The summed E-state index contributed by atoms with van der Waals surface area (Å²) in [6.45, 7) is 4.52. The fraction of sp³-hybridized carbons (Fsp3) is 0.158. The summed E-state index contributed by atoms with van der Waals surface area (Å²) in [6, 6.07) is 37.9. The third-order valence-electron chi connectivity index (χ3n) is 8.49. The first kappa shape index (κ1) is 25.2. The number of nitrogens with zero attached hydrogens (tertiary/aromatic N) is 3. The van der Waals surface area contributed by atoms with Gasteiger partial charge in [0.1, 0.15) is 0 Å². The molecule has 0 saturated heterocycles. The summed E-state index contributed by atoms with van der Waals surface area (Å²) < 4.78 is 4.95. The molecule has 0 fully saturated rings. The van der Waals surface area contributed by atoms with Crippen molar-refractivity contribution in [3.05, 3.63) is 114 Å². The van der Waals surface area contributed by atoms with Crippen molar-refractivity contribution in [3.8, 4) is 22.5 Å². The molecule has 0 atom stereocenters. The highest BCUT2D eigenvalue weighted by Crippen LogP contribution is 2.42. The molecule has 5 aromatic carbocycles. The fourth-order valence-electron chi connectivity index (χ4n) is 6.56. The largest absolute Gasteiger partial charge is 0.274 e. The highest BCUT2D eigenvalue weighted by molar-refractivity contribution is 7.26. The van der Waals surface area contributed by atoms with Crippen LogP contribution in [0.5, 0.6) is 0 Å². The maximum Gasteiger partial charge on any atom is 0.169 e. The molecule has 8 aromatic rings. The van der Waals surface area contributed by atoms with Crippen molar-refractivity contribution in [2.24, 2.45) is 0 Å². The van der Waals surface area contributed by atoms with Crippen LogP contribution in [0.3, 0.4) is 0 Å². The lowest BCUT2D eigenvalue weighted by atomic mass is 9.96. The third kappa shape index (κ3) is 3.93. The van der Waals surface area contributed by atoms with Gasteiger partial charge in [-0.15, -0.1) is 21.5 Å². The molecule has 0 aliphatic heterocycles. The number of hydrogen-bond donors (Lipinski definition) is 0. The van der Waals surface area contributed by atoms with Gasteiger partial charge in [-0.05, 0) is 70.8 Å². The monoisotopic (exact) mass is 561 g/mol. The van der Waals surface area contributed by atoms with Crippen molar-refractivity contribution >= 4 is 58.8 Å². The van der Waals surface area contributed by atoms with Crippen LogP contribution in [-0.4, -0.2) is 14.6 Å². The molecule has 0 amide bonds. The minimum Gasteiger partial charge on any atom is -0.274 e. The van der Waals surface area contributed by atoms with E-state index in [-0.39, 0.29) is 0 Å². The van der Waals surface area contributed by atoms with Crippen molar-refractivity contribution < 1.29 is 0 Å². The molecule has 0 saturated carbocycles. The lowest BCUT2D eigenvalue weighted by Gasteiger charge is -2.11. The van der Waals surface area contributed by atoms with Gasteiger partial charge in [-0.25, -0.2) is 0 Å². The van der Waals surface area contributed by atoms with Crippen molar-refractivity contribution in [1.29, 1.82) is 0 Å². The normalized spacial score (nSPS) is 12.0. The van der Waals surface area contributed by atoms with Crippen molar-refractivity contribution in [1.82, 2.24) is 14.6 Å². The first-order valence-electron chi connectivity index (χ1n) is 15.0. The zero-order valence-electron chi connectivity index (χ0n) is 23.9. The average Bonchev–Trinajstić information content (AvgIpc) is 3.64. The lowest BCUT2D eigenvalue weighted by Crippen LogP contribution is -1.94. The summed E-state index contributed by atoms with van der Waals surface area (Å²) in [4.78, 5) is 0. The molecule has 0 spiro atoms. The number of aromatic nitrogens is 3. The fourth-order valence-corrected chi connectivity index (χ4v) is 7.76. The van der Waals surface area contributed by atoms with Gasteiger partial charge in [-0.2, -0.15) is 0 Å². The predicted molar refractivity (Wildman–Crippen MR) is 180 cm³/mol. The molecule has 0 radical (unpaired) electrons. The van der Waals surface area contributed by atoms with Gasteiger partial charge in [0.25, 0.3) is 0 Å². The van der Waals surface area contributed by atoms with Gasteiger partial charge in [0, 0.05) is 36.5 Å². The van der Waals surface area contributed by atoms with Crippen LogP contribution in [0.2, 0.25) is 0 Å². The second-order valence-electron chi connectivity index (χ2n) is 11.3. The number of para-hydroxylation sites is 1. The summed E-state index contributed by atoms with van der Waals surface area (Å²) in [5.74, 6) is 0.869. The van der Waals surface area contributed by atoms with Crippen molar-refractivity contribution in [3.63, 3.8) is 0 Å². The topological polar surface area (TPSA) is 30.2 Å². The maximum atomic E-state index is 4.72. The Hall–Kier alpha value is -4.54. The number of aryl methyl sites for hydroxylation is 2. The Morgan fingerprint density at radius 2 is 1.29 bits per heavy atom. The van der Waals surface area contributed by atoms with Crippen LogP contribution in [0.15, 0.2) is 103 Å². The SMILES string of the molecule is CCCc1ccc2sc3c(-c4ccc(-c5nnc6c7ccccc7c7ccccc7n56)cc4)cc(CCC)cc3c2c1. The van der Waals surface area contributed by atoms with Gasteiger partial charge in [-0.1, -0.05) is 99.5 Å². The molecule has 4 heteroatoms. The number of rotatable bonds is 6. The van der Waals surface area contributed by atoms with Gasteiger partial charge in [0.05, 0.1) is 5.52 Å². The van der Waals surface area contributed by atoms with Crippen LogP contribution in [0.1, 0.15) is 37.8 Å². The Labute approximate surface area is 249 Å². The van der Waals surface area contributed by atoms with Crippen LogP contribution >= 0.6 is 11.3 Å². The van der Waals surface area contributed by atoms with Crippen LogP contribution in [0.25, 0.3) is 70.0 Å². The molecule has 42 heavy (non-hydrogen) atoms. The molecule has 0 N–H and O–H groups in total. The molecule has 0 bridgehead atoms. The van der Waals surface area contributed by atoms with Crippen LogP contribution in [0.4, 0.5) is 0 Å². The molecule has 204 valence electrons. The van der Waals surface area contributed by atoms with Crippen LogP contribution in [-0.2, 0) is 12.8 Å². The van der Waals surface area contributed by atoms with Crippen molar-refractivity contribution in [2.75, 3.05) is 0 Å². The van der Waals surface area contributed by atoms with Crippen LogP contribution < -0.4 is 0 Å². The Bertz CT molecular complexity index is 2270. The second-order valence-corrected chi connectivity index (χ2v) is 12.3. The quantitative estimate of drug-likeness (QED) is 0.189. The number of fused-ring (bicyclic) bond motifs is 9. The lowest BCUT2D eigenvalue weighted by molar-refractivity contribution is 0.923. The van der Waals surface area contributed by atoms with E-state index < -0.39 is 0 Å². The number of hydrogen-bond acceptors (Lipinski definition) is 3. The Kier molecular flexibility index (Phi) is 6.04. The van der Waals surface area contributed by atoms with Gasteiger partial charge in [-0.3, -0.25) is 4.40 Å². The maximum absolute atomic E-state index is 4.72. The standard InChI is InChI=1S/C38H31N3S/c1-3-9-24-15-20-35-32(21-24)33-23-25(10-4-2)22-31(36(33)42-35)26-16-18-27(19-17-26)37-39-40-38-30-13-6-5-11-28(30)29-12-7-8-14-34(29)41(37)38/h5-8,11-23H,3-4,9-10H2,1-2H3. The molecular formula is C38H31N3S. The molecule has 0 aliphatic rings. The minimum absolute atomic E-state index is 0.869.